The molecule has 0 unspecified atom stereocenters. The molecular weight excluding hydrogens is 400 g/mol. The largest absolute Gasteiger partial charge is 0.321 e. The summed E-state index contributed by atoms with van der Waals surface area (Å²) in [6, 6.07) is 10.9. The fraction of sp³-hybridized carbons (Fsp3) is 0.105. The number of hydrogen-bond donors (Lipinski definition) is 2. The lowest BCUT2D eigenvalue weighted by Crippen LogP contribution is -2.17. The van der Waals surface area contributed by atoms with Crippen LogP contribution in [0.25, 0.3) is 0 Å². The molecule has 144 valence electrons. The normalized spacial score (nSPS) is 11.1. The lowest BCUT2D eigenvalue weighted by Gasteiger charge is -2.13. The highest BCUT2D eigenvalue weighted by atomic mass is 35.5. The molecule has 0 fully saturated rings. The Hall–Kier alpha value is -2.97. The first-order chi connectivity index (χ1) is 13.2. The number of hydrogen-bond acceptors (Lipinski definition) is 5. The van der Waals surface area contributed by atoms with Gasteiger partial charge >= 0.3 is 0 Å². The van der Waals surface area contributed by atoms with Gasteiger partial charge in [0.1, 0.15) is 5.69 Å². The number of carbonyl (C=O) groups is 1. The summed E-state index contributed by atoms with van der Waals surface area (Å²) >= 11 is 5.83. The number of amides is 1. The molecule has 2 aromatic carbocycles. The monoisotopic (exact) mass is 416 g/mol. The molecule has 1 heterocycles. The Bertz CT molecular complexity index is 1110. The Labute approximate surface area is 167 Å². The van der Waals surface area contributed by atoms with Crippen LogP contribution in [0.5, 0.6) is 0 Å². The quantitative estimate of drug-likeness (QED) is 0.658. The number of aryl methyl sites for hydroxylation is 2. The summed E-state index contributed by atoms with van der Waals surface area (Å²) in [5, 5.41) is 3.14. The van der Waals surface area contributed by atoms with Crippen LogP contribution in [0.2, 0.25) is 5.02 Å². The highest BCUT2D eigenvalue weighted by Crippen LogP contribution is 2.24. The Morgan fingerprint density at radius 2 is 1.64 bits per heavy atom. The van der Waals surface area contributed by atoms with Gasteiger partial charge in [0.15, 0.2) is 0 Å². The van der Waals surface area contributed by atoms with Crippen LogP contribution in [0.4, 0.5) is 11.4 Å². The van der Waals surface area contributed by atoms with Crippen LogP contribution >= 0.6 is 11.6 Å². The number of nitrogens with one attached hydrogen (secondary N) is 2. The third kappa shape index (κ3) is 4.65. The van der Waals surface area contributed by atoms with Gasteiger partial charge in [-0.3, -0.25) is 14.5 Å². The van der Waals surface area contributed by atoms with Crippen molar-refractivity contribution in [2.24, 2.45) is 0 Å². The highest BCUT2D eigenvalue weighted by Gasteiger charge is 2.19. The van der Waals surface area contributed by atoms with Gasteiger partial charge in [-0.15, -0.1) is 0 Å². The SMILES string of the molecule is Cc1cnc(C(=O)Nc2ccc(C)c(S(=O)(=O)Nc3ccc(Cl)cc3)c2)cn1. The van der Waals surface area contributed by atoms with E-state index in [1.807, 2.05) is 0 Å². The second kappa shape index (κ2) is 7.95. The zero-order valence-electron chi connectivity index (χ0n) is 15.1. The topological polar surface area (TPSA) is 101 Å². The van der Waals surface area contributed by atoms with Gasteiger partial charge in [-0.1, -0.05) is 17.7 Å². The summed E-state index contributed by atoms with van der Waals surface area (Å²) in [7, 11) is -3.86. The molecule has 0 saturated carbocycles. The van der Waals surface area contributed by atoms with Crippen molar-refractivity contribution in [1.29, 1.82) is 0 Å². The van der Waals surface area contributed by atoms with Crippen molar-refractivity contribution in [3.05, 3.63) is 76.8 Å². The number of halogens is 1. The minimum absolute atomic E-state index is 0.0511. The number of carbonyl (C=O) groups excluding carboxylic acids is 1. The Balaban J connectivity index is 1.85. The van der Waals surface area contributed by atoms with E-state index in [4.69, 9.17) is 11.6 Å². The molecule has 28 heavy (non-hydrogen) atoms. The predicted molar refractivity (Wildman–Crippen MR) is 108 cm³/mol. The molecule has 3 aromatic rings. The average molecular weight is 417 g/mol. The van der Waals surface area contributed by atoms with E-state index < -0.39 is 15.9 Å². The van der Waals surface area contributed by atoms with Gasteiger partial charge in [0, 0.05) is 22.6 Å². The maximum Gasteiger partial charge on any atom is 0.275 e. The van der Waals surface area contributed by atoms with E-state index in [-0.39, 0.29) is 10.6 Å². The third-order valence-corrected chi connectivity index (χ3v) is 5.62. The van der Waals surface area contributed by atoms with Crippen LogP contribution in [0.15, 0.2) is 59.8 Å². The fourth-order valence-corrected chi connectivity index (χ4v) is 3.86. The first-order valence-corrected chi connectivity index (χ1v) is 10.1. The van der Waals surface area contributed by atoms with Gasteiger partial charge in [0.05, 0.1) is 16.8 Å². The lowest BCUT2D eigenvalue weighted by molar-refractivity contribution is 0.102. The van der Waals surface area contributed by atoms with E-state index in [1.165, 1.54) is 18.5 Å². The standard InChI is InChI=1S/C19H17ClN4O3S/c1-12-3-6-16(23-19(25)17-11-21-13(2)10-22-17)9-18(12)28(26,27)24-15-7-4-14(20)5-8-15/h3-11,24H,1-2H3,(H,23,25). The molecule has 0 aliphatic carbocycles. The number of anilines is 2. The second-order valence-electron chi connectivity index (χ2n) is 6.09. The van der Waals surface area contributed by atoms with Crippen molar-refractivity contribution in [1.82, 2.24) is 9.97 Å². The maximum absolute atomic E-state index is 12.8. The van der Waals surface area contributed by atoms with Crippen molar-refractivity contribution < 1.29 is 13.2 Å². The van der Waals surface area contributed by atoms with Crippen molar-refractivity contribution in [3.63, 3.8) is 0 Å². The summed E-state index contributed by atoms with van der Waals surface area (Å²) in [5.74, 6) is -0.481. The second-order valence-corrected chi connectivity index (χ2v) is 8.18. The molecule has 0 saturated heterocycles. The number of rotatable bonds is 5. The van der Waals surface area contributed by atoms with Crippen LogP contribution in [0, 0.1) is 13.8 Å². The Morgan fingerprint density at radius 3 is 2.29 bits per heavy atom. The minimum atomic E-state index is -3.86. The van der Waals surface area contributed by atoms with Gasteiger partial charge in [-0.2, -0.15) is 0 Å². The van der Waals surface area contributed by atoms with E-state index in [1.54, 1.807) is 50.2 Å². The first kappa shape index (κ1) is 19.8. The van der Waals surface area contributed by atoms with Gasteiger partial charge in [0.2, 0.25) is 0 Å². The van der Waals surface area contributed by atoms with E-state index in [2.05, 4.69) is 20.0 Å². The van der Waals surface area contributed by atoms with Crippen molar-refractivity contribution in [3.8, 4) is 0 Å². The van der Waals surface area contributed by atoms with Crippen molar-refractivity contribution in [2.45, 2.75) is 18.7 Å². The molecule has 7 nitrogen and oxygen atoms in total. The number of benzene rings is 2. The average Bonchev–Trinajstić information content (AvgIpc) is 2.65. The summed E-state index contributed by atoms with van der Waals surface area (Å²) < 4.78 is 28.0. The highest BCUT2D eigenvalue weighted by molar-refractivity contribution is 7.92. The van der Waals surface area contributed by atoms with Crippen LogP contribution < -0.4 is 10.0 Å². The fourth-order valence-electron chi connectivity index (χ4n) is 2.40. The molecular formula is C19H17ClN4O3S. The molecule has 3 rings (SSSR count). The van der Waals surface area contributed by atoms with Gasteiger partial charge in [-0.05, 0) is 55.8 Å². The molecule has 0 aliphatic heterocycles. The predicted octanol–water partition coefficient (Wildman–Crippen LogP) is 3.80. The van der Waals surface area contributed by atoms with Crippen LogP contribution in [-0.2, 0) is 10.0 Å². The molecule has 1 amide bonds. The van der Waals surface area contributed by atoms with Crippen LogP contribution in [0.3, 0.4) is 0 Å². The number of nitrogens with zero attached hydrogens (tertiary/aromatic N) is 2. The molecule has 0 spiro atoms. The Kier molecular flexibility index (Phi) is 5.62. The molecule has 9 heteroatoms. The van der Waals surface area contributed by atoms with Crippen LogP contribution in [0.1, 0.15) is 21.7 Å². The van der Waals surface area contributed by atoms with Crippen molar-refractivity contribution in [2.75, 3.05) is 10.0 Å². The van der Waals surface area contributed by atoms with Crippen molar-refractivity contribution >= 4 is 38.9 Å². The molecule has 0 radical (unpaired) electrons. The number of aromatic nitrogens is 2. The van der Waals surface area contributed by atoms with Gasteiger partial charge < -0.3 is 5.32 Å². The maximum atomic E-state index is 12.8. The zero-order valence-corrected chi connectivity index (χ0v) is 16.7. The molecule has 0 bridgehead atoms. The third-order valence-electron chi connectivity index (χ3n) is 3.85. The van der Waals surface area contributed by atoms with E-state index in [9.17, 15) is 13.2 Å². The van der Waals surface area contributed by atoms with Gasteiger partial charge in [0.25, 0.3) is 15.9 Å². The summed E-state index contributed by atoms with van der Waals surface area (Å²) in [6.45, 7) is 3.44. The molecule has 0 atom stereocenters. The molecule has 1 aromatic heterocycles. The summed E-state index contributed by atoms with van der Waals surface area (Å²) in [4.78, 5) is 20.4. The van der Waals surface area contributed by atoms with E-state index >= 15 is 0 Å². The van der Waals surface area contributed by atoms with E-state index in [0.29, 0.717) is 27.7 Å². The Morgan fingerprint density at radius 1 is 0.964 bits per heavy atom. The molecule has 2 N–H and O–H groups in total. The zero-order chi connectivity index (χ0) is 20.3. The lowest BCUT2D eigenvalue weighted by atomic mass is 10.2. The summed E-state index contributed by atoms with van der Waals surface area (Å²) in [6.07, 6.45) is 2.84. The molecule has 0 aliphatic rings. The number of sulfonamides is 1. The first-order valence-electron chi connectivity index (χ1n) is 8.24. The minimum Gasteiger partial charge on any atom is -0.321 e. The van der Waals surface area contributed by atoms with Gasteiger partial charge in [-0.25, -0.2) is 13.4 Å². The smallest absolute Gasteiger partial charge is 0.275 e. The van der Waals surface area contributed by atoms with Crippen LogP contribution in [-0.4, -0.2) is 24.3 Å². The van der Waals surface area contributed by atoms with E-state index in [0.717, 1.165) is 0 Å². The summed E-state index contributed by atoms with van der Waals surface area (Å²) in [5.41, 5.74) is 2.07.